The predicted molar refractivity (Wildman–Crippen MR) is 80.4 cm³/mol. The predicted octanol–water partition coefficient (Wildman–Crippen LogP) is 1.93. The Balaban J connectivity index is 2.48. The minimum absolute atomic E-state index is 0.615. The molecule has 0 unspecified atom stereocenters. The van der Waals surface area contributed by atoms with Crippen LogP contribution in [0.1, 0.15) is 6.92 Å². The van der Waals surface area contributed by atoms with Gasteiger partial charge in [0.2, 0.25) is 0 Å². The van der Waals surface area contributed by atoms with E-state index in [1.165, 1.54) is 0 Å². The molecule has 0 atom stereocenters. The fraction of sp³-hybridized carbons (Fsp3) is 0.462. The Morgan fingerprint density at radius 1 is 1.33 bits per heavy atom. The third-order valence-corrected chi connectivity index (χ3v) is 2.53. The van der Waals surface area contributed by atoms with Gasteiger partial charge in [-0.15, -0.1) is 0 Å². The number of hydrogen-bond donors (Lipinski definition) is 2. The average molecular weight is 267 g/mol. The van der Waals surface area contributed by atoms with E-state index in [1.807, 2.05) is 45.3 Å². The molecule has 0 aliphatic carbocycles. The van der Waals surface area contributed by atoms with Gasteiger partial charge < -0.3 is 20.3 Å². The summed E-state index contributed by atoms with van der Waals surface area (Å²) in [5.74, 6) is 0.816. The van der Waals surface area contributed by atoms with E-state index in [0.717, 1.165) is 24.5 Å². The van der Waals surface area contributed by atoms with Crippen LogP contribution in [-0.2, 0) is 0 Å². The zero-order valence-electron chi connectivity index (χ0n) is 11.2. The maximum Gasteiger partial charge on any atom is 0.170 e. The van der Waals surface area contributed by atoms with Crippen LogP contribution >= 0.6 is 12.2 Å². The van der Waals surface area contributed by atoms with E-state index < -0.39 is 0 Å². The highest BCUT2D eigenvalue weighted by Gasteiger charge is 2.03. The first-order valence-electron chi connectivity index (χ1n) is 6.05. The molecule has 0 radical (unpaired) electrons. The van der Waals surface area contributed by atoms with E-state index in [2.05, 4.69) is 15.5 Å². The molecule has 0 aliphatic heterocycles. The number of nitrogens with zero attached hydrogens (tertiary/aromatic N) is 1. The van der Waals surface area contributed by atoms with Gasteiger partial charge in [0.15, 0.2) is 5.11 Å². The quantitative estimate of drug-likeness (QED) is 0.770. The van der Waals surface area contributed by atoms with Gasteiger partial charge in [-0.1, -0.05) is 12.1 Å². The van der Waals surface area contributed by atoms with Crippen LogP contribution in [0.3, 0.4) is 0 Å². The number of thiocarbonyl (C=S) groups is 1. The van der Waals surface area contributed by atoms with Gasteiger partial charge >= 0.3 is 0 Å². The largest absolute Gasteiger partial charge is 0.492 e. The first-order valence-corrected chi connectivity index (χ1v) is 6.45. The number of likely N-dealkylation sites (N-methyl/N-ethyl adjacent to an activating group) is 1. The fourth-order valence-corrected chi connectivity index (χ4v) is 1.62. The molecule has 0 bridgehead atoms. The Bertz CT molecular complexity index is 382. The van der Waals surface area contributed by atoms with Crippen LogP contribution in [-0.4, -0.2) is 43.8 Å². The first-order chi connectivity index (χ1) is 8.63. The zero-order valence-corrected chi connectivity index (χ0v) is 12.0. The molecule has 1 rings (SSSR count). The van der Waals surface area contributed by atoms with Crippen LogP contribution in [0, 0.1) is 0 Å². The molecule has 0 saturated carbocycles. The Hall–Kier alpha value is -1.33. The highest BCUT2D eigenvalue weighted by molar-refractivity contribution is 7.80. The van der Waals surface area contributed by atoms with Crippen LogP contribution in [0.2, 0.25) is 0 Å². The molecule has 0 heterocycles. The second-order valence-electron chi connectivity index (χ2n) is 4.11. The Morgan fingerprint density at radius 3 is 2.72 bits per heavy atom. The molecule has 0 aromatic heterocycles. The zero-order chi connectivity index (χ0) is 13.4. The molecule has 1 aromatic rings. The van der Waals surface area contributed by atoms with Crippen LogP contribution in [0.5, 0.6) is 5.75 Å². The molecular formula is C13H21N3OS. The smallest absolute Gasteiger partial charge is 0.170 e. The third-order valence-electron chi connectivity index (χ3n) is 2.28. The lowest BCUT2D eigenvalue weighted by Crippen LogP contribution is -2.34. The van der Waals surface area contributed by atoms with Gasteiger partial charge in [0.05, 0.1) is 12.3 Å². The number of anilines is 1. The van der Waals surface area contributed by atoms with Crippen molar-refractivity contribution in [2.75, 3.05) is 39.1 Å². The molecule has 2 N–H and O–H groups in total. The van der Waals surface area contributed by atoms with Crippen molar-refractivity contribution in [1.82, 2.24) is 10.2 Å². The Morgan fingerprint density at radius 2 is 2.06 bits per heavy atom. The number of rotatable bonds is 6. The van der Waals surface area contributed by atoms with Crippen molar-refractivity contribution in [3.05, 3.63) is 24.3 Å². The van der Waals surface area contributed by atoms with Gasteiger partial charge in [-0.05, 0) is 45.4 Å². The second-order valence-corrected chi connectivity index (χ2v) is 4.52. The highest BCUT2D eigenvalue weighted by Crippen LogP contribution is 2.23. The SMILES string of the molecule is CCOc1ccccc1NC(=S)NCCN(C)C. The lowest BCUT2D eigenvalue weighted by molar-refractivity contribution is 0.342. The summed E-state index contributed by atoms with van der Waals surface area (Å²) < 4.78 is 5.52. The van der Waals surface area contributed by atoms with Crippen molar-refractivity contribution < 1.29 is 4.74 Å². The van der Waals surface area contributed by atoms with Crippen molar-refractivity contribution in [1.29, 1.82) is 0 Å². The van der Waals surface area contributed by atoms with Gasteiger partial charge in [-0.2, -0.15) is 0 Å². The summed E-state index contributed by atoms with van der Waals surface area (Å²) >= 11 is 5.24. The summed E-state index contributed by atoms with van der Waals surface area (Å²) in [6.45, 7) is 4.36. The van der Waals surface area contributed by atoms with E-state index in [1.54, 1.807) is 0 Å². The van der Waals surface area contributed by atoms with E-state index in [-0.39, 0.29) is 0 Å². The number of benzene rings is 1. The molecule has 1 aromatic carbocycles. The van der Waals surface area contributed by atoms with Gasteiger partial charge in [0.25, 0.3) is 0 Å². The molecule has 0 saturated heterocycles. The van der Waals surface area contributed by atoms with Gasteiger partial charge in [-0.25, -0.2) is 0 Å². The maximum atomic E-state index is 5.52. The highest BCUT2D eigenvalue weighted by atomic mass is 32.1. The number of para-hydroxylation sites is 2. The summed E-state index contributed by atoms with van der Waals surface area (Å²) in [7, 11) is 4.06. The summed E-state index contributed by atoms with van der Waals surface area (Å²) in [6, 6.07) is 7.77. The molecule has 0 aliphatic rings. The molecule has 0 fully saturated rings. The topological polar surface area (TPSA) is 36.5 Å². The molecular weight excluding hydrogens is 246 g/mol. The molecule has 100 valence electrons. The van der Waals surface area contributed by atoms with Crippen LogP contribution < -0.4 is 15.4 Å². The summed E-state index contributed by atoms with van der Waals surface area (Å²) in [5.41, 5.74) is 0.890. The van der Waals surface area contributed by atoms with E-state index in [9.17, 15) is 0 Å². The van der Waals surface area contributed by atoms with E-state index in [4.69, 9.17) is 17.0 Å². The standard InChI is InChI=1S/C13H21N3OS/c1-4-17-12-8-6-5-7-11(12)15-13(18)14-9-10-16(2)3/h5-8H,4,9-10H2,1-3H3,(H2,14,15,18). The van der Waals surface area contributed by atoms with Crippen molar-refractivity contribution in [2.45, 2.75) is 6.92 Å². The summed E-state index contributed by atoms with van der Waals surface area (Å²) in [5, 5.41) is 6.92. The average Bonchev–Trinajstić information content (AvgIpc) is 2.31. The molecule has 5 heteroatoms. The lowest BCUT2D eigenvalue weighted by atomic mass is 10.3. The summed E-state index contributed by atoms with van der Waals surface area (Å²) in [6.07, 6.45) is 0. The van der Waals surface area contributed by atoms with Crippen molar-refractivity contribution >= 4 is 23.0 Å². The first kappa shape index (κ1) is 14.7. The molecule has 0 amide bonds. The number of ether oxygens (including phenoxy) is 1. The Kier molecular flexibility index (Phi) is 6.46. The molecule has 4 nitrogen and oxygen atoms in total. The molecule has 0 spiro atoms. The third kappa shape index (κ3) is 5.33. The maximum absolute atomic E-state index is 5.52. The minimum atomic E-state index is 0.615. The van der Waals surface area contributed by atoms with Gasteiger partial charge in [-0.3, -0.25) is 0 Å². The van der Waals surface area contributed by atoms with Crippen molar-refractivity contribution in [3.8, 4) is 5.75 Å². The van der Waals surface area contributed by atoms with Gasteiger partial charge in [0.1, 0.15) is 5.75 Å². The fourth-order valence-electron chi connectivity index (χ4n) is 1.41. The van der Waals surface area contributed by atoms with Crippen LogP contribution in [0.4, 0.5) is 5.69 Å². The second kappa shape index (κ2) is 7.89. The Labute approximate surface area is 114 Å². The number of nitrogens with one attached hydrogen (secondary N) is 2. The minimum Gasteiger partial charge on any atom is -0.492 e. The van der Waals surface area contributed by atoms with Gasteiger partial charge in [0, 0.05) is 13.1 Å². The molecule has 18 heavy (non-hydrogen) atoms. The van der Waals surface area contributed by atoms with Crippen molar-refractivity contribution in [3.63, 3.8) is 0 Å². The van der Waals surface area contributed by atoms with Crippen LogP contribution in [0.15, 0.2) is 24.3 Å². The van der Waals surface area contributed by atoms with E-state index in [0.29, 0.717) is 11.7 Å². The number of hydrogen-bond acceptors (Lipinski definition) is 3. The van der Waals surface area contributed by atoms with Crippen molar-refractivity contribution in [2.24, 2.45) is 0 Å². The van der Waals surface area contributed by atoms with E-state index >= 15 is 0 Å². The summed E-state index contributed by atoms with van der Waals surface area (Å²) in [4.78, 5) is 2.10. The normalized spacial score (nSPS) is 10.2. The monoisotopic (exact) mass is 267 g/mol. The lowest BCUT2D eigenvalue weighted by Gasteiger charge is -2.15. The van der Waals surface area contributed by atoms with Crippen LogP contribution in [0.25, 0.3) is 0 Å².